The molecule has 0 radical (unpaired) electrons. The zero-order valence-corrected chi connectivity index (χ0v) is 29.4. The third-order valence-electron chi connectivity index (χ3n) is 9.36. The normalized spacial score (nSPS) is 11.5. The molecule has 4 nitrogen and oxygen atoms in total. The van der Waals surface area contributed by atoms with Crippen LogP contribution in [0.2, 0.25) is 0 Å². The summed E-state index contributed by atoms with van der Waals surface area (Å²) < 4.78 is 3.58. The van der Waals surface area contributed by atoms with Gasteiger partial charge in [-0.2, -0.15) is 0 Å². The fourth-order valence-corrected chi connectivity index (χ4v) is 9.19. The second-order valence-corrected chi connectivity index (χ2v) is 14.7. The molecule has 0 spiro atoms. The summed E-state index contributed by atoms with van der Waals surface area (Å²) in [5.74, 6) is 1.91. The SMILES string of the molecule is c1ccc(-c2cc(-c3ccccc3)cc(-c3nc(-c4ccccc4)nc(-c4cccc5sc6c(-c7nc8ccccc8s7)cccc6c45)n3)c2)cc1. The van der Waals surface area contributed by atoms with Gasteiger partial charge in [0.1, 0.15) is 5.01 Å². The lowest BCUT2D eigenvalue weighted by atomic mass is 9.96. The van der Waals surface area contributed by atoms with Crippen LogP contribution in [0.15, 0.2) is 170 Å². The zero-order chi connectivity index (χ0) is 34.4. The van der Waals surface area contributed by atoms with E-state index >= 15 is 0 Å². The van der Waals surface area contributed by atoms with Gasteiger partial charge in [-0.3, -0.25) is 0 Å². The first-order valence-electron chi connectivity index (χ1n) is 17.1. The summed E-state index contributed by atoms with van der Waals surface area (Å²) in [5.41, 5.74) is 9.51. The minimum Gasteiger partial charge on any atom is -0.236 e. The Morgan fingerprint density at radius 3 is 1.58 bits per heavy atom. The van der Waals surface area contributed by atoms with Crippen LogP contribution in [0, 0.1) is 0 Å². The predicted molar refractivity (Wildman–Crippen MR) is 219 cm³/mol. The molecule has 6 heteroatoms. The number of fused-ring (bicyclic) bond motifs is 4. The highest BCUT2D eigenvalue weighted by Gasteiger charge is 2.20. The molecule has 0 fully saturated rings. The van der Waals surface area contributed by atoms with Crippen LogP contribution < -0.4 is 0 Å². The fourth-order valence-electron chi connectivity index (χ4n) is 6.88. The van der Waals surface area contributed by atoms with E-state index in [-0.39, 0.29) is 0 Å². The zero-order valence-electron chi connectivity index (χ0n) is 27.8. The Morgan fingerprint density at radius 1 is 0.346 bits per heavy atom. The van der Waals surface area contributed by atoms with Crippen molar-refractivity contribution in [1.82, 2.24) is 19.9 Å². The molecule has 0 aliphatic carbocycles. The molecule has 0 unspecified atom stereocenters. The lowest BCUT2D eigenvalue weighted by Gasteiger charge is -2.13. The predicted octanol–water partition coefficient (Wildman–Crippen LogP) is 12.9. The van der Waals surface area contributed by atoms with E-state index in [4.69, 9.17) is 19.9 Å². The van der Waals surface area contributed by atoms with E-state index < -0.39 is 0 Å². The Kier molecular flexibility index (Phi) is 7.48. The van der Waals surface area contributed by atoms with Gasteiger partial charge in [0.15, 0.2) is 17.5 Å². The summed E-state index contributed by atoms with van der Waals surface area (Å²) >= 11 is 3.53. The number of benzene rings is 7. The number of para-hydroxylation sites is 1. The first kappa shape index (κ1) is 30.5. The number of aromatic nitrogens is 4. The third-order valence-corrected chi connectivity index (χ3v) is 11.6. The average Bonchev–Trinajstić information content (AvgIpc) is 3.84. The van der Waals surface area contributed by atoms with Crippen LogP contribution in [0.3, 0.4) is 0 Å². The van der Waals surface area contributed by atoms with E-state index in [1.807, 2.05) is 36.4 Å². The van der Waals surface area contributed by atoms with Crippen molar-refractivity contribution in [2.24, 2.45) is 0 Å². The van der Waals surface area contributed by atoms with Gasteiger partial charge in [-0.1, -0.05) is 133 Å². The van der Waals surface area contributed by atoms with Gasteiger partial charge < -0.3 is 0 Å². The molecular weight excluding hydrogens is 673 g/mol. The van der Waals surface area contributed by atoms with Crippen molar-refractivity contribution in [3.05, 3.63) is 170 Å². The largest absolute Gasteiger partial charge is 0.236 e. The molecule has 0 saturated heterocycles. The van der Waals surface area contributed by atoms with E-state index in [0.717, 1.165) is 60.4 Å². The lowest BCUT2D eigenvalue weighted by Crippen LogP contribution is -2.01. The van der Waals surface area contributed by atoms with E-state index in [1.165, 1.54) is 19.5 Å². The molecule has 0 N–H and O–H groups in total. The Balaban J connectivity index is 1.20. The highest BCUT2D eigenvalue weighted by atomic mass is 32.1. The van der Waals surface area contributed by atoms with E-state index in [2.05, 4.69) is 133 Å². The second-order valence-electron chi connectivity index (χ2n) is 12.7. The van der Waals surface area contributed by atoms with Gasteiger partial charge in [0, 0.05) is 42.4 Å². The second kappa shape index (κ2) is 12.8. The van der Waals surface area contributed by atoms with Crippen LogP contribution in [-0.2, 0) is 0 Å². The lowest BCUT2D eigenvalue weighted by molar-refractivity contribution is 1.08. The number of thiophene rings is 1. The summed E-state index contributed by atoms with van der Waals surface area (Å²) in [6.45, 7) is 0. The van der Waals surface area contributed by atoms with Crippen molar-refractivity contribution in [3.8, 4) is 67.0 Å². The molecule has 3 heterocycles. The summed E-state index contributed by atoms with van der Waals surface area (Å²) in [4.78, 5) is 20.6. The van der Waals surface area contributed by atoms with Gasteiger partial charge in [0.2, 0.25) is 0 Å². The molecular formula is C46H28N4S2. The topological polar surface area (TPSA) is 51.6 Å². The quantitative estimate of drug-likeness (QED) is 0.173. The Morgan fingerprint density at radius 2 is 0.885 bits per heavy atom. The van der Waals surface area contributed by atoms with E-state index in [1.54, 1.807) is 22.7 Å². The molecule has 10 aromatic rings. The van der Waals surface area contributed by atoms with Crippen molar-refractivity contribution in [1.29, 1.82) is 0 Å². The van der Waals surface area contributed by atoms with Crippen molar-refractivity contribution in [2.45, 2.75) is 0 Å². The minimum atomic E-state index is 0.630. The molecule has 3 aromatic heterocycles. The fraction of sp³-hybridized carbons (Fsp3) is 0. The van der Waals surface area contributed by atoms with Crippen LogP contribution in [-0.4, -0.2) is 19.9 Å². The van der Waals surface area contributed by atoms with Crippen molar-refractivity contribution < 1.29 is 0 Å². The molecule has 7 aromatic carbocycles. The summed E-state index contributed by atoms with van der Waals surface area (Å²) in [6, 6.07) is 59.1. The van der Waals surface area contributed by atoms with Gasteiger partial charge in [-0.05, 0) is 58.7 Å². The Bertz CT molecular complexity index is 2810. The van der Waals surface area contributed by atoms with E-state index in [0.29, 0.717) is 17.5 Å². The van der Waals surface area contributed by atoms with E-state index in [9.17, 15) is 0 Å². The van der Waals surface area contributed by atoms with Gasteiger partial charge >= 0.3 is 0 Å². The number of thiazole rings is 1. The first-order valence-corrected chi connectivity index (χ1v) is 18.8. The summed E-state index contributed by atoms with van der Waals surface area (Å²) in [5, 5.41) is 3.35. The number of hydrogen-bond acceptors (Lipinski definition) is 6. The van der Waals surface area contributed by atoms with Gasteiger partial charge in [0.25, 0.3) is 0 Å². The van der Waals surface area contributed by atoms with Gasteiger partial charge in [-0.15, -0.1) is 22.7 Å². The van der Waals surface area contributed by atoms with Crippen molar-refractivity contribution in [2.75, 3.05) is 0 Å². The minimum absolute atomic E-state index is 0.630. The molecule has 0 saturated carbocycles. The van der Waals surface area contributed by atoms with Crippen LogP contribution in [0.4, 0.5) is 0 Å². The molecule has 0 aliphatic rings. The van der Waals surface area contributed by atoms with Crippen molar-refractivity contribution in [3.63, 3.8) is 0 Å². The maximum Gasteiger partial charge on any atom is 0.164 e. The standard InChI is InChI=1S/C46H28N4S2/c1-4-14-29(15-5-1)32-26-33(30-16-6-2-7-17-30)28-34(27-32)44-48-43(31-18-8-3-9-19-31)49-45(50-44)36-21-13-25-40-41(36)35-20-12-22-37(42(35)51-40)46-47-38-23-10-11-24-39(38)52-46/h1-28H. The summed E-state index contributed by atoms with van der Waals surface area (Å²) in [6.07, 6.45) is 0. The maximum absolute atomic E-state index is 5.29. The highest BCUT2D eigenvalue weighted by molar-refractivity contribution is 7.27. The first-order chi connectivity index (χ1) is 25.7. The molecule has 244 valence electrons. The smallest absolute Gasteiger partial charge is 0.164 e. The van der Waals surface area contributed by atoms with Crippen LogP contribution in [0.1, 0.15) is 0 Å². The molecule has 10 rings (SSSR count). The highest BCUT2D eigenvalue weighted by Crippen LogP contribution is 2.45. The third kappa shape index (κ3) is 5.46. The Labute approximate surface area is 308 Å². The molecule has 0 amide bonds. The molecule has 0 bridgehead atoms. The van der Waals surface area contributed by atoms with Crippen LogP contribution >= 0.6 is 22.7 Å². The van der Waals surface area contributed by atoms with Crippen LogP contribution in [0.25, 0.3) is 97.4 Å². The maximum atomic E-state index is 5.29. The number of hydrogen-bond donors (Lipinski definition) is 0. The van der Waals surface area contributed by atoms with Gasteiger partial charge in [0.05, 0.1) is 10.2 Å². The number of nitrogens with zero attached hydrogens (tertiary/aromatic N) is 4. The Hall–Kier alpha value is -6.34. The monoisotopic (exact) mass is 700 g/mol. The number of rotatable bonds is 6. The summed E-state index contributed by atoms with van der Waals surface area (Å²) in [7, 11) is 0. The average molecular weight is 701 g/mol. The molecule has 52 heavy (non-hydrogen) atoms. The molecule has 0 aliphatic heterocycles. The van der Waals surface area contributed by atoms with Crippen LogP contribution in [0.5, 0.6) is 0 Å². The van der Waals surface area contributed by atoms with Crippen molar-refractivity contribution >= 4 is 53.1 Å². The van der Waals surface area contributed by atoms with Gasteiger partial charge in [-0.25, -0.2) is 19.9 Å². The molecule has 0 atom stereocenters.